The van der Waals surface area contributed by atoms with Crippen LogP contribution >= 0.6 is 0 Å². The van der Waals surface area contributed by atoms with Crippen LogP contribution in [0.25, 0.3) is 0 Å². The van der Waals surface area contributed by atoms with E-state index in [0.717, 1.165) is 63.4 Å². The molecule has 2 saturated heterocycles. The number of hydrogen-bond acceptors (Lipinski definition) is 7. The van der Waals surface area contributed by atoms with Gasteiger partial charge in [0.15, 0.2) is 0 Å². The third kappa shape index (κ3) is 3.46. The molecule has 2 fully saturated rings. The Morgan fingerprint density at radius 3 is 2.17 bits per heavy atom. The number of nitrogens with zero attached hydrogens (tertiary/aromatic N) is 7. The van der Waals surface area contributed by atoms with Crippen LogP contribution in [0.4, 0.5) is 11.9 Å². The summed E-state index contributed by atoms with van der Waals surface area (Å²) in [7, 11) is 0. The first-order valence-corrected chi connectivity index (χ1v) is 8.70. The van der Waals surface area contributed by atoms with E-state index in [1.807, 2.05) is 18.3 Å². The van der Waals surface area contributed by atoms with E-state index in [2.05, 4.69) is 29.7 Å². The molecule has 2 aliphatic heterocycles. The third-order valence-corrected chi connectivity index (χ3v) is 4.68. The first-order chi connectivity index (χ1) is 11.9. The fraction of sp³-hybridized carbons (Fsp3) is 0.529. The summed E-state index contributed by atoms with van der Waals surface area (Å²) in [6, 6.07) is 3.89. The summed E-state index contributed by atoms with van der Waals surface area (Å²) in [5.41, 5.74) is 1.11. The zero-order valence-electron chi connectivity index (χ0n) is 13.9. The van der Waals surface area contributed by atoms with Crippen LogP contribution < -0.4 is 9.80 Å². The van der Waals surface area contributed by atoms with Crippen molar-refractivity contribution in [1.82, 2.24) is 24.8 Å². The monoisotopic (exact) mass is 325 g/mol. The predicted octanol–water partition coefficient (Wildman–Crippen LogP) is 1.19. The lowest BCUT2D eigenvalue weighted by molar-refractivity contribution is 0.246. The van der Waals surface area contributed by atoms with Gasteiger partial charge >= 0.3 is 0 Å². The van der Waals surface area contributed by atoms with Gasteiger partial charge in [0.1, 0.15) is 0 Å². The molecule has 0 spiro atoms. The molecule has 0 atom stereocenters. The minimum absolute atomic E-state index is 0.829. The van der Waals surface area contributed by atoms with Crippen molar-refractivity contribution in [2.45, 2.75) is 19.4 Å². The Morgan fingerprint density at radius 1 is 0.750 bits per heavy atom. The molecule has 126 valence electrons. The predicted molar refractivity (Wildman–Crippen MR) is 93.0 cm³/mol. The van der Waals surface area contributed by atoms with E-state index in [0.29, 0.717) is 0 Å². The zero-order chi connectivity index (χ0) is 16.2. The van der Waals surface area contributed by atoms with Gasteiger partial charge in [-0.2, -0.15) is 0 Å². The maximum absolute atomic E-state index is 4.76. The average Bonchev–Trinajstić information content (AvgIpc) is 3.18. The summed E-state index contributed by atoms with van der Waals surface area (Å²) in [5.74, 6) is 1.72. The Morgan fingerprint density at radius 2 is 1.42 bits per heavy atom. The summed E-state index contributed by atoms with van der Waals surface area (Å²) >= 11 is 0. The van der Waals surface area contributed by atoms with Gasteiger partial charge < -0.3 is 9.80 Å². The van der Waals surface area contributed by atoms with Gasteiger partial charge in [-0.15, -0.1) is 0 Å². The molecule has 0 radical (unpaired) electrons. The highest BCUT2D eigenvalue weighted by molar-refractivity contribution is 5.32. The van der Waals surface area contributed by atoms with E-state index in [9.17, 15) is 0 Å². The van der Waals surface area contributed by atoms with Gasteiger partial charge in [0.25, 0.3) is 0 Å². The quantitative estimate of drug-likeness (QED) is 0.837. The fourth-order valence-corrected chi connectivity index (χ4v) is 3.33. The molecule has 0 N–H and O–H groups in total. The van der Waals surface area contributed by atoms with E-state index in [1.165, 1.54) is 12.8 Å². The summed E-state index contributed by atoms with van der Waals surface area (Å²) < 4.78 is 0. The number of rotatable bonds is 4. The lowest BCUT2D eigenvalue weighted by Gasteiger charge is -2.34. The molecule has 7 heteroatoms. The molecule has 0 unspecified atom stereocenters. The smallest absolute Gasteiger partial charge is 0.225 e. The van der Waals surface area contributed by atoms with Gasteiger partial charge in [-0.3, -0.25) is 4.90 Å². The van der Waals surface area contributed by atoms with Crippen molar-refractivity contribution in [1.29, 1.82) is 0 Å². The van der Waals surface area contributed by atoms with Crippen molar-refractivity contribution in [3.8, 4) is 0 Å². The van der Waals surface area contributed by atoms with Gasteiger partial charge in [-0.1, -0.05) is 0 Å². The van der Waals surface area contributed by atoms with E-state index in [-0.39, 0.29) is 0 Å². The van der Waals surface area contributed by atoms with Crippen LogP contribution in [0.3, 0.4) is 0 Å². The van der Waals surface area contributed by atoms with Crippen molar-refractivity contribution in [3.05, 3.63) is 36.4 Å². The zero-order valence-corrected chi connectivity index (χ0v) is 13.9. The van der Waals surface area contributed by atoms with E-state index >= 15 is 0 Å². The SMILES string of the molecule is c1cnc(N2CCN(Cc3ccnc(N4CCCC4)n3)CC2)nc1. The summed E-state index contributed by atoms with van der Waals surface area (Å²) in [4.78, 5) is 24.8. The van der Waals surface area contributed by atoms with Gasteiger partial charge in [0, 0.05) is 64.4 Å². The van der Waals surface area contributed by atoms with Crippen molar-refractivity contribution in [2.75, 3.05) is 49.1 Å². The number of hydrogen-bond donors (Lipinski definition) is 0. The van der Waals surface area contributed by atoms with Gasteiger partial charge in [-0.25, -0.2) is 19.9 Å². The minimum Gasteiger partial charge on any atom is -0.341 e. The highest BCUT2D eigenvalue weighted by Gasteiger charge is 2.20. The highest BCUT2D eigenvalue weighted by atomic mass is 15.3. The Labute approximate surface area is 142 Å². The maximum atomic E-state index is 4.76. The van der Waals surface area contributed by atoms with Crippen LogP contribution in [0.1, 0.15) is 18.5 Å². The normalized spacial score (nSPS) is 19.0. The topological polar surface area (TPSA) is 61.3 Å². The number of piperazine rings is 1. The first-order valence-electron chi connectivity index (χ1n) is 8.70. The molecule has 4 rings (SSSR count). The lowest BCUT2D eigenvalue weighted by atomic mass is 10.3. The Bertz CT molecular complexity index is 649. The molecule has 0 aromatic carbocycles. The van der Waals surface area contributed by atoms with Crippen LogP contribution in [0.5, 0.6) is 0 Å². The lowest BCUT2D eigenvalue weighted by Crippen LogP contribution is -2.46. The Hall–Kier alpha value is -2.28. The van der Waals surface area contributed by atoms with Crippen LogP contribution in [-0.2, 0) is 6.54 Å². The summed E-state index contributed by atoms with van der Waals surface area (Å²) in [5, 5.41) is 0. The molecule has 2 aliphatic rings. The second-order valence-corrected chi connectivity index (χ2v) is 6.35. The van der Waals surface area contributed by atoms with Crippen LogP contribution in [0.15, 0.2) is 30.7 Å². The summed E-state index contributed by atoms with van der Waals surface area (Å²) in [6.45, 7) is 6.95. The standard InChI is InChI=1S/C17H23N7/c1-2-9-23(8-1)17-20-7-4-15(21-17)14-22-10-12-24(13-11-22)16-18-5-3-6-19-16/h3-7H,1-2,8-14H2. The molecule has 0 amide bonds. The highest BCUT2D eigenvalue weighted by Crippen LogP contribution is 2.16. The second kappa shape index (κ2) is 7.09. The molecule has 24 heavy (non-hydrogen) atoms. The van der Waals surface area contributed by atoms with Crippen molar-refractivity contribution in [2.24, 2.45) is 0 Å². The Kier molecular flexibility index (Phi) is 4.51. The maximum Gasteiger partial charge on any atom is 0.225 e. The third-order valence-electron chi connectivity index (χ3n) is 4.68. The van der Waals surface area contributed by atoms with E-state index < -0.39 is 0 Å². The molecule has 0 aliphatic carbocycles. The molecule has 2 aromatic rings. The van der Waals surface area contributed by atoms with Crippen LogP contribution in [0.2, 0.25) is 0 Å². The molecule has 0 bridgehead atoms. The molecule has 4 heterocycles. The molecular formula is C17H23N7. The second-order valence-electron chi connectivity index (χ2n) is 6.35. The number of anilines is 2. The molecule has 2 aromatic heterocycles. The van der Waals surface area contributed by atoms with E-state index in [4.69, 9.17) is 4.98 Å². The summed E-state index contributed by atoms with van der Waals surface area (Å²) in [6.07, 6.45) is 7.99. The van der Waals surface area contributed by atoms with Crippen molar-refractivity contribution < 1.29 is 0 Å². The van der Waals surface area contributed by atoms with Gasteiger partial charge in [-0.05, 0) is 25.0 Å². The first kappa shape index (κ1) is 15.3. The molecular weight excluding hydrogens is 302 g/mol. The molecule has 7 nitrogen and oxygen atoms in total. The van der Waals surface area contributed by atoms with Gasteiger partial charge in [0.2, 0.25) is 11.9 Å². The minimum atomic E-state index is 0.829. The number of aromatic nitrogens is 4. The van der Waals surface area contributed by atoms with Crippen LogP contribution in [-0.4, -0.2) is 64.1 Å². The van der Waals surface area contributed by atoms with Crippen LogP contribution in [0, 0.1) is 0 Å². The van der Waals surface area contributed by atoms with Crippen molar-refractivity contribution in [3.63, 3.8) is 0 Å². The fourth-order valence-electron chi connectivity index (χ4n) is 3.33. The van der Waals surface area contributed by atoms with E-state index in [1.54, 1.807) is 12.4 Å². The molecule has 0 saturated carbocycles. The largest absolute Gasteiger partial charge is 0.341 e. The Balaban J connectivity index is 1.34. The average molecular weight is 325 g/mol. The van der Waals surface area contributed by atoms with Crippen molar-refractivity contribution >= 4 is 11.9 Å². The van der Waals surface area contributed by atoms with Gasteiger partial charge in [0.05, 0.1) is 5.69 Å².